The molecule has 3 atom stereocenters. The van der Waals surface area contributed by atoms with Gasteiger partial charge in [0.25, 0.3) is 0 Å². The molecule has 3 nitrogen and oxygen atoms in total. The molecular weight excluding hydrogens is 288 g/mol. The van der Waals surface area contributed by atoms with Gasteiger partial charge in [0, 0.05) is 17.8 Å². The van der Waals surface area contributed by atoms with Crippen LogP contribution >= 0.6 is 0 Å². The van der Waals surface area contributed by atoms with E-state index in [9.17, 15) is 9.90 Å². The van der Waals surface area contributed by atoms with E-state index in [1.807, 2.05) is 20.8 Å². The molecule has 0 aliphatic heterocycles. The highest BCUT2D eigenvalue weighted by molar-refractivity contribution is 5.96. The molecule has 23 heavy (non-hydrogen) atoms. The van der Waals surface area contributed by atoms with Crippen LogP contribution in [0.3, 0.4) is 0 Å². The standard InChI is InChI=1S/C20H26O3/c1-13-6-5-8-19(3)17(20(4,22)9-7-18(19)21)11-15-14(2)12-23-16(15)10-13/h6-7,9,12,17,22H,5,8,10-11H2,1-4H3/b13-6+/t17-,19-,20+/m0/s1. The summed E-state index contributed by atoms with van der Waals surface area (Å²) in [7, 11) is 0. The molecule has 124 valence electrons. The quantitative estimate of drug-likeness (QED) is 0.738. The normalized spacial score (nSPS) is 36.8. The maximum Gasteiger partial charge on any atom is 0.161 e. The Balaban J connectivity index is 2.13. The van der Waals surface area contributed by atoms with Crippen LogP contribution in [-0.4, -0.2) is 16.5 Å². The van der Waals surface area contributed by atoms with Crippen molar-refractivity contribution in [3.63, 3.8) is 0 Å². The molecule has 2 aliphatic rings. The zero-order chi connectivity index (χ0) is 16.8. The molecule has 0 radical (unpaired) electrons. The van der Waals surface area contributed by atoms with Crippen molar-refractivity contribution in [3.05, 3.63) is 47.0 Å². The Hall–Kier alpha value is -1.61. The van der Waals surface area contributed by atoms with Gasteiger partial charge in [-0.1, -0.05) is 18.6 Å². The van der Waals surface area contributed by atoms with Crippen LogP contribution in [0.2, 0.25) is 0 Å². The van der Waals surface area contributed by atoms with Gasteiger partial charge < -0.3 is 9.52 Å². The summed E-state index contributed by atoms with van der Waals surface area (Å²) in [5, 5.41) is 11.0. The molecule has 1 aromatic heterocycles. The van der Waals surface area contributed by atoms with E-state index >= 15 is 0 Å². The third-order valence-corrected chi connectivity index (χ3v) is 5.80. The SMILES string of the molecule is C/C1=C\CC[C@]2(C)C(=O)C=C[C@@](C)(O)[C@H]2Cc2c(C)coc2C1. The summed E-state index contributed by atoms with van der Waals surface area (Å²) in [6.07, 6.45) is 10.3. The summed E-state index contributed by atoms with van der Waals surface area (Å²) in [5.74, 6) is 0.955. The van der Waals surface area contributed by atoms with Gasteiger partial charge >= 0.3 is 0 Å². The summed E-state index contributed by atoms with van der Waals surface area (Å²) in [5.41, 5.74) is 2.00. The molecule has 1 heterocycles. The first kappa shape index (κ1) is 16.3. The molecule has 1 aromatic rings. The molecule has 0 spiro atoms. The summed E-state index contributed by atoms with van der Waals surface area (Å²) in [4.78, 5) is 12.7. The highest BCUT2D eigenvalue weighted by Gasteiger charge is 2.50. The minimum Gasteiger partial charge on any atom is -0.468 e. The van der Waals surface area contributed by atoms with E-state index < -0.39 is 11.0 Å². The smallest absolute Gasteiger partial charge is 0.161 e. The average molecular weight is 314 g/mol. The van der Waals surface area contributed by atoms with Crippen molar-refractivity contribution >= 4 is 5.78 Å². The Labute approximate surface area is 138 Å². The molecule has 0 bridgehead atoms. The number of ketones is 1. The third-order valence-electron chi connectivity index (χ3n) is 5.80. The second kappa shape index (κ2) is 5.48. The van der Waals surface area contributed by atoms with Gasteiger partial charge in [-0.25, -0.2) is 0 Å². The average Bonchev–Trinajstić information content (AvgIpc) is 2.80. The summed E-state index contributed by atoms with van der Waals surface area (Å²) in [6, 6.07) is 0. The van der Waals surface area contributed by atoms with Gasteiger partial charge in [0.2, 0.25) is 0 Å². The van der Waals surface area contributed by atoms with Gasteiger partial charge in [-0.05, 0) is 63.3 Å². The van der Waals surface area contributed by atoms with Gasteiger partial charge in [0.15, 0.2) is 5.78 Å². The first-order chi connectivity index (χ1) is 10.7. The lowest BCUT2D eigenvalue weighted by atomic mass is 9.59. The minimum absolute atomic E-state index is 0.128. The van der Waals surface area contributed by atoms with Crippen LogP contribution in [0.15, 0.2) is 34.5 Å². The van der Waals surface area contributed by atoms with Crippen molar-refractivity contribution in [3.8, 4) is 0 Å². The largest absolute Gasteiger partial charge is 0.468 e. The van der Waals surface area contributed by atoms with Crippen molar-refractivity contribution in [2.75, 3.05) is 0 Å². The van der Waals surface area contributed by atoms with E-state index in [-0.39, 0.29) is 11.7 Å². The lowest BCUT2D eigenvalue weighted by Gasteiger charge is -2.46. The number of fused-ring (bicyclic) bond motifs is 2. The van der Waals surface area contributed by atoms with E-state index in [1.165, 1.54) is 5.57 Å². The highest BCUT2D eigenvalue weighted by Crippen LogP contribution is 2.47. The fourth-order valence-electron chi connectivity index (χ4n) is 4.19. The van der Waals surface area contributed by atoms with E-state index in [0.717, 1.165) is 36.1 Å². The molecule has 0 unspecified atom stereocenters. The van der Waals surface area contributed by atoms with Gasteiger partial charge in [-0.2, -0.15) is 0 Å². The van der Waals surface area contributed by atoms with Crippen LogP contribution in [0.4, 0.5) is 0 Å². The number of hydrogen-bond acceptors (Lipinski definition) is 3. The van der Waals surface area contributed by atoms with E-state index in [1.54, 1.807) is 18.4 Å². The Morgan fingerprint density at radius 1 is 1.30 bits per heavy atom. The molecular formula is C20H26O3. The van der Waals surface area contributed by atoms with Gasteiger partial charge in [0.1, 0.15) is 5.76 Å². The molecule has 0 fully saturated rings. The van der Waals surface area contributed by atoms with Gasteiger partial charge in [-0.3, -0.25) is 4.79 Å². The lowest BCUT2D eigenvalue weighted by molar-refractivity contribution is -0.134. The Morgan fingerprint density at radius 3 is 2.78 bits per heavy atom. The predicted molar refractivity (Wildman–Crippen MR) is 90.2 cm³/mol. The lowest BCUT2D eigenvalue weighted by Crippen LogP contribution is -2.51. The Kier molecular flexibility index (Phi) is 3.88. The number of carbonyl (C=O) groups is 1. The molecule has 3 rings (SSSR count). The van der Waals surface area contributed by atoms with Crippen LogP contribution in [-0.2, 0) is 17.6 Å². The molecule has 0 aromatic carbocycles. The highest BCUT2D eigenvalue weighted by atomic mass is 16.3. The molecule has 0 amide bonds. The number of furan rings is 1. The number of hydrogen-bond donors (Lipinski definition) is 1. The van der Waals surface area contributed by atoms with Crippen molar-refractivity contribution in [1.82, 2.24) is 0 Å². The molecule has 3 heteroatoms. The minimum atomic E-state index is -0.985. The fraction of sp³-hybridized carbons (Fsp3) is 0.550. The van der Waals surface area contributed by atoms with Crippen LogP contribution in [0.1, 0.15) is 50.5 Å². The number of aliphatic hydroxyl groups is 1. The molecule has 0 saturated heterocycles. The van der Waals surface area contributed by atoms with Crippen LogP contribution in [0.5, 0.6) is 0 Å². The fourth-order valence-corrected chi connectivity index (χ4v) is 4.19. The number of allylic oxidation sites excluding steroid dienone is 3. The van der Waals surface area contributed by atoms with Crippen LogP contribution in [0.25, 0.3) is 0 Å². The zero-order valence-electron chi connectivity index (χ0n) is 14.5. The van der Waals surface area contributed by atoms with Crippen molar-refractivity contribution < 1.29 is 14.3 Å². The van der Waals surface area contributed by atoms with Crippen LogP contribution < -0.4 is 0 Å². The number of rotatable bonds is 0. The van der Waals surface area contributed by atoms with Gasteiger partial charge in [-0.15, -0.1) is 0 Å². The predicted octanol–water partition coefficient (Wildman–Crippen LogP) is 3.93. The van der Waals surface area contributed by atoms with E-state index in [2.05, 4.69) is 13.0 Å². The second-order valence-electron chi connectivity index (χ2n) is 7.68. The molecule has 1 N–H and O–H groups in total. The first-order valence-corrected chi connectivity index (χ1v) is 8.41. The van der Waals surface area contributed by atoms with Gasteiger partial charge in [0.05, 0.1) is 11.9 Å². The Bertz CT molecular complexity index is 690. The molecule has 2 aliphatic carbocycles. The summed E-state index contributed by atoms with van der Waals surface area (Å²) >= 11 is 0. The zero-order valence-corrected chi connectivity index (χ0v) is 14.5. The maximum atomic E-state index is 12.7. The first-order valence-electron chi connectivity index (χ1n) is 8.41. The Morgan fingerprint density at radius 2 is 2.04 bits per heavy atom. The van der Waals surface area contributed by atoms with Crippen molar-refractivity contribution in [2.45, 2.75) is 59.0 Å². The number of aryl methyl sites for hydroxylation is 1. The van der Waals surface area contributed by atoms with E-state index in [0.29, 0.717) is 6.42 Å². The maximum absolute atomic E-state index is 12.7. The van der Waals surface area contributed by atoms with Crippen molar-refractivity contribution in [1.29, 1.82) is 0 Å². The summed E-state index contributed by atoms with van der Waals surface area (Å²) in [6.45, 7) is 7.99. The third kappa shape index (κ3) is 2.72. The topological polar surface area (TPSA) is 50.4 Å². The summed E-state index contributed by atoms with van der Waals surface area (Å²) < 4.78 is 5.77. The van der Waals surface area contributed by atoms with Crippen LogP contribution in [0, 0.1) is 18.3 Å². The van der Waals surface area contributed by atoms with E-state index in [4.69, 9.17) is 4.42 Å². The molecule has 0 saturated carbocycles. The monoisotopic (exact) mass is 314 g/mol. The number of carbonyl (C=O) groups excluding carboxylic acids is 1. The second-order valence-corrected chi connectivity index (χ2v) is 7.68. The van der Waals surface area contributed by atoms with Crippen molar-refractivity contribution in [2.24, 2.45) is 11.3 Å².